The molecule has 0 radical (unpaired) electrons. The van der Waals surface area contributed by atoms with Gasteiger partial charge in [-0.05, 0) is 30.7 Å². The van der Waals surface area contributed by atoms with Crippen LogP contribution < -0.4 is 5.56 Å². The molecule has 10 heteroatoms. The monoisotopic (exact) mass is 444 g/mol. The third kappa shape index (κ3) is 3.09. The van der Waals surface area contributed by atoms with Crippen molar-refractivity contribution in [1.82, 2.24) is 19.6 Å². The first kappa shape index (κ1) is 19.4. The van der Waals surface area contributed by atoms with Gasteiger partial charge in [0, 0.05) is 5.02 Å². The third-order valence-corrected chi connectivity index (χ3v) is 5.11. The Bertz CT molecular complexity index is 1520. The molecular formula is C21H12ClF3N4O2. The van der Waals surface area contributed by atoms with Crippen molar-refractivity contribution in [2.24, 2.45) is 0 Å². The highest BCUT2D eigenvalue weighted by molar-refractivity contribution is 6.31. The molecule has 2 aromatic carbocycles. The second kappa shape index (κ2) is 6.71. The molecule has 0 aliphatic carbocycles. The molecule has 156 valence electrons. The quantitative estimate of drug-likeness (QED) is 0.391. The summed E-state index contributed by atoms with van der Waals surface area (Å²) in [5.41, 5.74) is -0.934. The van der Waals surface area contributed by atoms with Crippen LogP contribution in [0.25, 0.3) is 39.3 Å². The Balaban J connectivity index is 1.83. The summed E-state index contributed by atoms with van der Waals surface area (Å²) in [5, 5.41) is 2.61. The van der Waals surface area contributed by atoms with Gasteiger partial charge in [-0.3, -0.25) is 9.89 Å². The molecular weight excluding hydrogens is 433 g/mol. The highest BCUT2D eigenvalue weighted by Gasteiger charge is 2.38. The number of oxazole rings is 1. The highest BCUT2D eigenvalue weighted by atomic mass is 35.5. The van der Waals surface area contributed by atoms with E-state index in [1.54, 1.807) is 36.4 Å². The first-order valence-corrected chi connectivity index (χ1v) is 9.46. The molecule has 0 aliphatic heterocycles. The standard InChI is InChI=1S/C21H12ClF3N4O2/c1-10-15(19-27-13-9-12(22)7-8-14(13)31-19)20(30)29-18(26-10)16(11-5-3-2-4-6-11)17(28-29)21(23,24)25/h2-9,28H,1H3. The van der Waals surface area contributed by atoms with E-state index in [2.05, 4.69) is 15.1 Å². The maximum absolute atomic E-state index is 13.8. The van der Waals surface area contributed by atoms with Crippen LogP contribution in [0.4, 0.5) is 13.2 Å². The second-order valence-electron chi connectivity index (χ2n) is 6.89. The SMILES string of the molecule is Cc1nc2c(-c3ccccc3)c(C(F)(F)F)[nH]n2c(=O)c1-c1nc2cc(Cl)ccc2o1. The van der Waals surface area contributed by atoms with Crippen molar-refractivity contribution >= 4 is 28.3 Å². The van der Waals surface area contributed by atoms with Gasteiger partial charge >= 0.3 is 6.18 Å². The largest absolute Gasteiger partial charge is 0.436 e. The molecule has 31 heavy (non-hydrogen) atoms. The average molecular weight is 445 g/mol. The number of nitrogens with one attached hydrogen (secondary N) is 1. The zero-order chi connectivity index (χ0) is 21.9. The molecule has 5 rings (SSSR count). The number of rotatable bonds is 2. The van der Waals surface area contributed by atoms with Gasteiger partial charge in [0.25, 0.3) is 5.56 Å². The molecule has 0 bridgehead atoms. The van der Waals surface area contributed by atoms with Crippen LogP contribution in [0.1, 0.15) is 11.4 Å². The predicted octanol–water partition coefficient (Wildman–Crippen LogP) is 5.48. The van der Waals surface area contributed by atoms with Crippen LogP contribution in [0.5, 0.6) is 0 Å². The van der Waals surface area contributed by atoms with Crippen LogP contribution in [0, 0.1) is 6.92 Å². The topological polar surface area (TPSA) is 76.2 Å². The van der Waals surface area contributed by atoms with Gasteiger partial charge in [-0.25, -0.2) is 9.97 Å². The van der Waals surface area contributed by atoms with Crippen molar-refractivity contribution in [3.63, 3.8) is 0 Å². The first-order chi connectivity index (χ1) is 14.7. The van der Waals surface area contributed by atoms with E-state index in [9.17, 15) is 18.0 Å². The number of halogens is 4. The first-order valence-electron chi connectivity index (χ1n) is 9.08. The van der Waals surface area contributed by atoms with Crippen molar-refractivity contribution in [1.29, 1.82) is 0 Å². The van der Waals surface area contributed by atoms with E-state index in [-0.39, 0.29) is 33.9 Å². The number of benzene rings is 2. The van der Waals surface area contributed by atoms with Gasteiger partial charge in [0.15, 0.2) is 11.2 Å². The smallest absolute Gasteiger partial charge is 0.433 e. The van der Waals surface area contributed by atoms with Crippen LogP contribution in [0.3, 0.4) is 0 Å². The number of aryl methyl sites for hydroxylation is 1. The number of alkyl halides is 3. The molecule has 0 aliphatic rings. The van der Waals surface area contributed by atoms with E-state index in [4.69, 9.17) is 16.0 Å². The molecule has 0 amide bonds. The Kier molecular flexibility index (Phi) is 4.19. The summed E-state index contributed by atoms with van der Waals surface area (Å²) in [4.78, 5) is 21.8. The Hall–Kier alpha value is -3.59. The lowest BCUT2D eigenvalue weighted by Crippen LogP contribution is -2.19. The van der Waals surface area contributed by atoms with Gasteiger partial charge in [0.1, 0.15) is 16.8 Å². The Morgan fingerprint density at radius 1 is 1.06 bits per heavy atom. The van der Waals surface area contributed by atoms with Crippen molar-refractivity contribution in [3.05, 3.63) is 75.3 Å². The number of fused-ring (bicyclic) bond motifs is 2. The molecule has 0 spiro atoms. The summed E-state index contributed by atoms with van der Waals surface area (Å²) in [6, 6.07) is 12.7. The lowest BCUT2D eigenvalue weighted by molar-refractivity contribution is -0.140. The van der Waals surface area contributed by atoms with Crippen LogP contribution >= 0.6 is 11.6 Å². The van der Waals surface area contributed by atoms with Crippen LogP contribution in [0.15, 0.2) is 57.7 Å². The van der Waals surface area contributed by atoms with Gasteiger partial charge in [-0.1, -0.05) is 41.9 Å². The van der Waals surface area contributed by atoms with E-state index >= 15 is 0 Å². The number of hydrogen-bond donors (Lipinski definition) is 1. The molecule has 0 atom stereocenters. The minimum absolute atomic E-state index is 0.0422. The van der Waals surface area contributed by atoms with E-state index in [0.29, 0.717) is 16.1 Å². The van der Waals surface area contributed by atoms with Crippen molar-refractivity contribution in [2.45, 2.75) is 13.1 Å². The zero-order valence-electron chi connectivity index (χ0n) is 15.8. The molecule has 0 saturated heterocycles. The molecule has 1 N–H and O–H groups in total. The molecule has 0 unspecified atom stereocenters. The zero-order valence-corrected chi connectivity index (χ0v) is 16.5. The predicted molar refractivity (Wildman–Crippen MR) is 109 cm³/mol. The normalized spacial score (nSPS) is 12.2. The van der Waals surface area contributed by atoms with E-state index in [1.165, 1.54) is 19.1 Å². The van der Waals surface area contributed by atoms with E-state index in [0.717, 1.165) is 4.52 Å². The maximum Gasteiger partial charge on any atom is 0.433 e. The molecule has 3 aromatic heterocycles. The van der Waals surface area contributed by atoms with Crippen LogP contribution in [-0.2, 0) is 6.18 Å². The number of aromatic amines is 1. The fourth-order valence-electron chi connectivity index (χ4n) is 3.52. The second-order valence-corrected chi connectivity index (χ2v) is 7.33. The van der Waals surface area contributed by atoms with Gasteiger partial charge in [0.2, 0.25) is 5.89 Å². The van der Waals surface area contributed by atoms with Crippen molar-refractivity contribution in [3.8, 4) is 22.6 Å². The van der Waals surface area contributed by atoms with Crippen LogP contribution in [-0.4, -0.2) is 19.6 Å². The summed E-state index contributed by atoms with van der Waals surface area (Å²) in [5.74, 6) is -0.0499. The van der Waals surface area contributed by atoms with E-state index in [1.807, 2.05) is 0 Å². The summed E-state index contributed by atoms with van der Waals surface area (Å²) < 4.78 is 47.8. The van der Waals surface area contributed by atoms with Gasteiger partial charge in [-0.15, -0.1) is 0 Å². The number of hydrogen-bond acceptors (Lipinski definition) is 4. The molecule has 0 fully saturated rings. The number of H-pyrrole nitrogens is 1. The van der Waals surface area contributed by atoms with Gasteiger partial charge in [-0.2, -0.15) is 17.7 Å². The Morgan fingerprint density at radius 2 is 1.81 bits per heavy atom. The molecule has 0 saturated carbocycles. The number of nitrogens with zero attached hydrogens (tertiary/aromatic N) is 3. The summed E-state index contributed by atoms with van der Waals surface area (Å²) in [6.07, 6.45) is -4.73. The molecule has 6 nitrogen and oxygen atoms in total. The van der Waals surface area contributed by atoms with Crippen molar-refractivity contribution in [2.75, 3.05) is 0 Å². The lowest BCUT2D eigenvalue weighted by atomic mass is 10.1. The fourth-order valence-corrected chi connectivity index (χ4v) is 3.68. The summed E-state index contributed by atoms with van der Waals surface area (Å²) in [6.45, 7) is 1.52. The Morgan fingerprint density at radius 3 is 2.52 bits per heavy atom. The minimum Gasteiger partial charge on any atom is -0.436 e. The van der Waals surface area contributed by atoms with Gasteiger partial charge in [0.05, 0.1) is 11.3 Å². The van der Waals surface area contributed by atoms with E-state index < -0.39 is 17.4 Å². The highest BCUT2D eigenvalue weighted by Crippen LogP contribution is 2.38. The fraction of sp³-hybridized carbons (Fsp3) is 0.0952. The summed E-state index contributed by atoms with van der Waals surface area (Å²) in [7, 11) is 0. The summed E-state index contributed by atoms with van der Waals surface area (Å²) >= 11 is 5.96. The lowest BCUT2D eigenvalue weighted by Gasteiger charge is -2.07. The molecule has 3 heterocycles. The van der Waals surface area contributed by atoms with Gasteiger partial charge < -0.3 is 4.42 Å². The minimum atomic E-state index is -4.73. The number of aromatic nitrogens is 4. The third-order valence-electron chi connectivity index (χ3n) is 4.87. The maximum atomic E-state index is 13.8. The Labute approximate surface area is 176 Å². The molecule has 5 aromatic rings. The average Bonchev–Trinajstić information content (AvgIpc) is 3.29. The van der Waals surface area contributed by atoms with Crippen LogP contribution in [0.2, 0.25) is 5.02 Å². The van der Waals surface area contributed by atoms with Crippen molar-refractivity contribution < 1.29 is 17.6 Å².